The predicted molar refractivity (Wildman–Crippen MR) is 85.2 cm³/mol. The van der Waals surface area contributed by atoms with E-state index in [9.17, 15) is 4.79 Å². The molecule has 1 saturated heterocycles. The van der Waals surface area contributed by atoms with Crippen molar-refractivity contribution in [2.75, 3.05) is 32.8 Å². The number of hydrogen-bond donors (Lipinski definition) is 1. The molecule has 2 aliphatic rings. The summed E-state index contributed by atoms with van der Waals surface area (Å²) in [5.41, 5.74) is 0. The van der Waals surface area contributed by atoms with Crippen LogP contribution in [0, 0.1) is 11.8 Å². The van der Waals surface area contributed by atoms with Crippen molar-refractivity contribution in [2.24, 2.45) is 11.8 Å². The van der Waals surface area contributed by atoms with Gasteiger partial charge in [0.2, 0.25) is 5.91 Å². The second kappa shape index (κ2) is 8.74. The van der Waals surface area contributed by atoms with Gasteiger partial charge in [0, 0.05) is 32.1 Å². The van der Waals surface area contributed by atoms with Crippen LogP contribution in [-0.2, 0) is 9.53 Å². The molecule has 0 radical (unpaired) electrons. The molecule has 2 fully saturated rings. The van der Waals surface area contributed by atoms with Crippen LogP contribution in [0.25, 0.3) is 0 Å². The van der Waals surface area contributed by atoms with E-state index < -0.39 is 0 Å². The van der Waals surface area contributed by atoms with Gasteiger partial charge in [0.1, 0.15) is 0 Å². The molecule has 0 aromatic carbocycles. The first-order valence-electron chi connectivity index (χ1n) is 8.75. The molecule has 0 bridgehead atoms. The van der Waals surface area contributed by atoms with Gasteiger partial charge in [-0.1, -0.05) is 39.5 Å². The molecule has 1 saturated carbocycles. The molecule has 1 amide bonds. The van der Waals surface area contributed by atoms with Crippen LogP contribution in [0.4, 0.5) is 0 Å². The third kappa shape index (κ3) is 5.59. The van der Waals surface area contributed by atoms with Crippen molar-refractivity contribution < 1.29 is 9.53 Å². The van der Waals surface area contributed by atoms with E-state index in [1.165, 1.54) is 25.7 Å². The zero-order chi connectivity index (χ0) is 15.1. The Hall–Kier alpha value is -0.610. The third-order valence-corrected chi connectivity index (χ3v) is 5.05. The van der Waals surface area contributed by atoms with Gasteiger partial charge in [0.25, 0.3) is 0 Å². The van der Waals surface area contributed by atoms with Gasteiger partial charge in [0.05, 0.1) is 13.2 Å². The lowest BCUT2D eigenvalue weighted by Gasteiger charge is -2.37. The number of nitrogens with one attached hydrogen (secondary N) is 1. The van der Waals surface area contributed by atoms with E-state index in [0.29, 0.717) is 18.4 Å². The average Bonchev–Trinajstić information content (AvgIpc) is 2.99. The van der Waals surface area contributed by atoms with Crippen LogP contribution < -0.4 is 5.32 Å². The summed E-state index contributed by atoms with van der Waals surface area (Å²) in [5.74, 6) is 1.59. The molecular formula is C17H32N2O2. The lowest BCUT2D eigenvalue weighted by molar-refractivity contribution is -0.121. The number of ether oxygens (including phenoxy) is 1. The number of rotatable bonds is 7. The summed E-state index contributed by atoms with van der Waals surface area (Å²) in [6.07, 6.45) is 7.16. The first-order valence-corrected chi connectivity index (χ1v) is 8.75. The van der Waals surface area contributed by atoms with Crippen LogP contribution in [0.2, 0.25) is 0 Å². The van der Waals surface area contributed by atoms with Crippen LogP contribution in [0.3, 0.4) is 0 Å². The van der Waals surface area contributed by atoms with Crippen molar-refractivity contribution >= 4 is 5.91 Å². The highest BCUT2D eigenvalue weighted by molar-refractivity contribution is 5.75. The first kappa shape index (κ1) is 16.8. The molecule has 1 atom stereocenters. The summed E-state index contributed by atoms with van der Waals surface area (Å²) < 4.78 is 5.42. The zero-order valence-corrected chi connectivity index (χ0v) is 13.8. The zero-order valence-electron chi connectivity index (χ0n) is 13.8. The van der Waals surface area contributed by atoms with Crippen molar-refractivity contribution in [1.29, 1.82) is 0 Å². The Labute approximate surface area is 129 Å². The van der Waals surface area contributed by atoms with Crippen molar-refractivity contribution in [3.05, 3.63) is 0 Å². The first-order chi connectivity index (χ1) is 10.2. The standard InChI is InChI=1S/C17H32N2O2/c1-14(2)16(19-9-11-21-12-10-19)13-18-17(20)8-7-15-5-3-4-6-15/h14-16H,3-13H2,1-2H3,(H,18,20). The molecule has 1 heterocycles. The second-order valence-electron chi connectivity index (χ2n) is 6.95. The monoisotopic (exact) mass is 296 g/mol. The van der Waals surface area contributed by atoms with Crippen LogP contribution in [0.1, 0.15) is 52.4 Å². The summed E-state index contributed by atoms with van der Waals surface area (Å²) in [4.78, 5) is 14.5. The smallest absolute Gasteiger partial charge is 0.220 e. The number of carbonyl (C=O) groups is 1. The normalized spacial score (nSPS) is 22.6. The average molecular weight is 296 g/mol. The Morgan fingerprint density at radius 3 is 2.52 bits per heavy atom. The molecule has 2 rings (SSSR count). The quantitative estimate of drug-likeness (QED) is 0.784. The molecule has 0 aromatic heterocycles. The maximum Gasteiger partial charge on any atom is 0.220 e. The number of nitrogens with zero attached hydrogens (tertiary/aromatic N) is 1. The molecule has 0 spiro atoms. The molecular weight excluding hydrogens is 264 g/mol. The van der Waals surface area contributed by atoms with Gasteiger partial charge >= 0.3 is 0 Å². The largest absolute Gasteiger partial charge is 0.379 e. The lowest BCUT2D eigenvalue weighted by atomic mass is 10.0. The SMILES string of the molecule is CC(C)C(CNC(=O)CCC1CCCC1)N1CCOCC1. The highest BCUT2D eigenvalue weighted by Crippen LogP contribution is 2.28. The van der Waals surface area contributed by atoms with Crippen molar-refractivity contribution in [3.63, 3.8) is 0 Å². The van der Waals surface area contributed by atoms with Crippen LogP contribution in [-0.4, -0.2) is 49.7 Å². The molecule has 21 heavy (non-hydrogen) atoms. The third-order valence-electron chi connectivity index (χ3n) is 5.05. The number of morpholine rings is 1. The fourth-order valence-electron chi connectivity index (χ4n) is 3.64. The van der Waals surface area contributed by atoms with E-state index in [0.717, 1.165) is 45.2 Å². The summed E-state index contributed by atoms with van der Waals surface area (Å²) in [5, 5.41) is 3.16. The maximum atomic E-state index is 12.1. The number of carbonyl (C=O) groups excluding carboxylic acids is 1. The van der Waals surface area contributed by atoms with Gasteiger partial charge in [-0.3, -0.25) is 9.69 Å². The van der Waals surface area contributed by atoms with Gasteiger partial charge < -0.3 is 10.1 Å². The molecule has 1 N–H and O–H groups in total. The maximum absolute atomic E-state index is 12.1. The second-order valence-corrected chi connectivity index (χ2v) is 6.95. The Bertz CT molecular complexity index is 308. The Kier molecular flexibility index (Phi) is 6.97. The van der Waals surface area contributed by atoms with E-state index in [1.54, 1.807) is 0 Å². The Morgan fingerprint density at radius 2 is 1.90 bits per heavy atom. The van der Waals surface area contributed by atoms with E-state index in [-0.39, 0.29) is 5.91 Å². The van der Waals surface area contributed by atoms with Crippen LogP contribution >= 0.6 is 0 Å². The number of amides is 1. The van der Waals surface area contributed by atoms with E-state index >= 15 is 0 Å². The molecule has 1 unspecified atom stereocenters. The predicted octanol–water partition coefficient (Wildman–Crippen LogP) is 2.43. The fourth-order valence-corrected chi connectivity index (χ4v) is 3.64. The van der Waals surface area contributed by atoms with Crippen molar-refractivity contribution in [3.8, 4) is 0 Å². The van der Waals surface area contributed by atoms with Gasteiger partial charge in [-0.2, -0.15) is 0 Å². The van der Waals surface area contributed by atoms with E-state index in [2.05, 4.69) is 24.1 Å². The molecule has 122 valence electrons. The van der Waals surface area contributed by atoms with Gasteiger partial charge in [-0.05, 0) is 18.3 Å². The van der Waals surface area contributed by atoms with Crippen LogP contribution in [0.5, 0.6) is 0 Å². The summed E-state index contributed by atoms with van der Waals surface area (Å²) >= 11 is 0. The highest BCUT2D eigenvalue weighted by Gasteiger charge is 2.24. The van der Waals surface area contributed by atoms with Gasteiger partial charge in [-0.15, -0.1) is 0 Å². The minimum Gasteiger partial charge on any atom is -0.379 e. The molecule has 1 aliphatic heterocycles. The highest BCUT2D eigenvalue weighted by atomic mass is 16.5. The van der Waals surface area contributed by atoms with E-state index in [1.807, 2.05) is 0 Å². The molecule has 0 aromatic rings. The summed E-state index contributed by atoms with van der Waals surface area (Å²) in [7, 11) is 0. The van der Waals surface area contributed by atoms with Gasteiger partial charge in [-0.25, -0.2) is 0 Å². The summed E-state index contributed by atoms with van der Waals surface area (Å²) in [6.45, 7) is 8.87. The summed E-state index contributed by atoms with van der Waals surface area (Å²) in [6, 6.07) is 0.435. The minimum atomic E-state index is 0.237. The fraction of sp³-hybridized carbons (Fsp3) is 0.941. The van der Waals surface area contributed by atoms with Gasteiger partial charge in [0.15, 0.2) is 0 Å². The Morgan fingerprint density at radius 1 is 1.24 bits per heavy atom. The molecule has 4 heteroatoms. The van der Waals surface area contributed by atoms with Crippen LogP contribution in [0.15, 0.2) is 0 Å². The minimum absolute atomic E-state index is 0.237. The molecule has 4 nitrogen and oxygen atoms in total. The Balaban J connectivity index is 1.68. The topological polar surface area (TPSA) is 41.6 Å². The van der Waals surface area contributed by atoms with E-state index in [4.69, 9.17) is 4.74 Å². The van der Waals surface area contributed by atoms with Crippen molar-refractivity contribution in [1.82, 2.24) is 10.2 Å². The molecule has 1 aliphatic carbocycles. The lowest BCUT2D eigenvalue weighted by Crippen LogP contribution is -2.51. The van der Waals surface area contributed by atoms with Crippen molar-refractivity contribution in [2.45, 2.75) is 58.4 Å². The number of hydrogen-bond acceptors (Lipinski definition) is 3.